The molecule has 0 heterocycles. The van der Waals surface area contributed by atoms with Gasteiger partial charge in [0.1, 0.15) is 17.1 Å². The highest BCUT2D eigenvalue weighted by Crippen LogP contribution is 2.50. The summed E-state index contributed by atoms with van der Waals surface area (Å²) in [5, 5.41) is 42.5. The van der Waals surface area contributed by atoms with Crippen molar-refractivity contribution in [3.05, 3.63) is 88.2 Å². The molecule has 0 aromatic heterocycles. The maximum atomic E-state index is 11.8. The molecule has 4 rings (SSSR count). The summed E-state index contributed by atoms with van der Waals surface area (Å²) in [5.41, 5.74) is -0.475. The number of aromatic carboxylic acids is 1. The molecular weight excluding hydrogens is 372 g/mol. The molecule has 3 aromatic rings. The van der Waals surface area contributed by atoms with Gasteiger partial charge in [0.25, 0.3) is 0 Å². The van der Waals surface area contributed by atoms with E-state index in [4.69, 9.17) is 0 Å². The Morgan fingerprint density at radius 3 is 2.28 bits per heavy atom. The molecule has 6 heteroatoms. The van der Waals surface area contributed by atoms with Crippen molar-refractivity contribution in [3.8, 4) is 5.75 Å². The first-order chi connectivity index (χ1) is 13.8. The number of benzene rings is 3. The molecule has 0 fully saturated rings. The number of carbonyl (C=O) groups is 2. The van der Waals surface area contributed by atoms with Crippen molar-refractivity contribution in [3.63, 3.8) is 0 Å². The minimum atomic E-state index is -1.45. The third-order valence-electron chi connectivity index (χ3n) is 5.69. The Morgan fingerprint density at radius 1 is 0.931 bits per heavy atom. The van der Waals surface area contributed by atoms with Crippen molar-refractivity contribution in [2.75, 3.05) is 0 Å². The van der Waals surface area contributed by atoms with Gasteiger partial charge in [-0.3, -0.25) is 0 Å². The Morgan fingerprint density at radius 2 is 1.59 bits per heavy atom. The average Bonchev–Trinajstić information content (AvgIpc) is 2.69. The second-order valence-corrected chi connectivity index (χ2v) is 7.27. The predicted molar refractivity (Wildman–Crippen MR) is 106 cm³/mol. The van der Waals surface area contributed by atoms with Gasteiger partial charge in [-0.15, -0.1) is 0 Å². The molecule has 0 aliphatic heterocycles. The third kappa shape index (κ3) is 2.56. The fourth-order valence-corrected chi connectivity index (χ4v) is 4.30. The van der Waals surface area contributed by atoms with Crippen LogP contribution in [0.5, 0.6) is 5.75 Å². The zero-order valence-corrected chi connectivity index (χ0v) is 15.5. The first-order valence-corrected chi connectivity index (χ1v) is 8.99. The van der Waals surface area contributed by atoms with Gasteiger partial charge in [-0.05, 0) is 34.9 Å². The number of hydrogen-bond donors (Lipinski definition) is 4. The molecule has 1 aliphatic carbocycles. The predicted octanol–water partition coefficient (Wildman–Crippen LogP) is 4.00. The highest BCUT2D eigenvalue weighted by molar-refractivity contribution is 6.01. The lowest BCUT2D eigenvalue weighted by molar-refractivity contribution is -0.133. The Balaban J connectivity index is 2.21. The van der Waals surface area contributed by atoms with E-state index in [0.717, 1.165) is 0 Å². The fraction of sp³-hybridized carbons (Fsp3) is 0.130. The van der Waals surface area contributed by atoms with E-state index in [1.165, 1.54) is 6.07 Å². The second-order valence-electron chi connectivity index (χ2n) is 7.27. The minimum Gasteiger partial charge on any atom is -0.510 e. The van der Waals surface area contributed by atoms with E-state index in [-0.39, 0.29) is 23.1 Å². The van der Waals surface area contributed by atoms with E-state index in [2.05, 4.69) is 0 Å². The first kappa shape index (κ1) is 18.6. The van der Waals surface area contributed by atoms with E-state index in [1.807, 2.05) is 0 Å². The number of phenols is 1. The van der Waals surface area contributed by atoms with Gasteiger partial charge in [0, 0.05) is 12.0 Å². The smallest absolute Gasteiger partial charge is 0.339 e. The van der Waals surface area contributed by atoms with Crippen LogP contribution in [-0.2, 0) is 16.6 Å². The largest absolute Gasteiger partial charge is 0.510 e. The lowest BCUT2D eigenvalue weighted by Gasteiger charge is -2.37. The van der Waals surface area contributed by atoms with Crippen LogP contribution in [0.4, 0.5) is 0 Å². The van der Waals surface area contributed by atoms with E-state index < -0.39 is 28.9 Å². The lowest BCUT2D eigenvalue weighted by Crippen LogP contribution is -2.34. The SMILES string of the molecule is CC1(c2c(O)c(C(=O)O)cc3ccccc23)C(O)=C(C(=O)O)Cc2ccccc21. The molecule has 146 valence electrons. The Labute approximate surface area is 166 Å². The molecule has 0 bridgehead atoms. The standard InChI is InChI=1S/C23H18O6/c1-23(17-9-5-3-7-13(17)11-16(20(23)25)22(28)29)18-14-8-4-2-6-12(14)10-15(19(18)24)21(26)27/h2-10,24-25H,11H2,1H3,(H,26,27)(H,28,29). The van der Waals surface area contributed by atoms with Crippen molar-refractivity contribution in [1.29, 1.82) is 0 Å². The van der Waals surface area contributed by atoms with Crippen molar-refractivity contribution < 1.29 is 30.0 Å². The van der Waals surface area contributed by atoms with E-state index >= 15 is 0 Å². The first-order valence-electron chi connectivity index (χ1n) is 8.99. The van der Waals surface area contributed by atoms with Crippen LogP contribution in [0.3, 0.4) is 0 Å². The number of allylic oxidation sites excluding steroid dienone is 1. The summed E-state index contributed by atoms with van der Waals surface area (Å²) in [6.45, 7) is 1.61. The zero-order chi connectivity index (χ0) is 20.9. The van der Waals surface area contributed by atoms with E-state index in [1.54, 1.807) is 55.5 Å². The van der Waals surface area contributed by atoms with Gasteiger partial charge in [0.05, 0.1) is 11.0 Å². The molecule has 6 nitrogen and oxygen atoms in total. The van der Waals surface area contributed by atoms with E-state index in [0.29, 0.717) is 21.9 Å². The van der Waals surface area contributed by atoms with Gasteiger partial charge in [-0.25, -0.2) is 9.59 Å². The summed E-state index contributed by atoms with van der Waals surface area (Å²) < 4.78 is 0. The summed E-state index contributed by atoms with van der Waals surface area (Å²) in [6, 6.07) is 15.3. The van der Waals surface area contributed by atoms with E-state index in [9.17, 15) is 30.0 Å². The zero-order valence-electron chi connectivity index (χ0n) is 15.5. The molecular formula is C23H18O6. The minimum absolute atomic E-state index is 0.0320. The normalized spacial score (nSPS) is 18.5. The molecule has 0 radical (unpaired) electrons. The van der Waals surface area contributed by atoms with Gasteiger partial charge in [0.2, 0.25) is 0 Å². The van der Waals surface area contributed by atoms with Crippen molar-refractivity contribution in [2.45, 2.75) is 18.8 Å². The summed E-state index contributed by atoms with van der Waals surface area (Å²) in [4.78, 5) is 23.6. The second kappa shape index (κ2) is 6.38. The number of aromatic hydroxyl groups is 1. The van der Waals surface area contributed by atoms with Gasteiger partial charge < -0.3 is 20.4 Å². The topological polar surface area (TPSA) is 115 Å². The highest BCUT2D eigenvalue weighted by Gasteiger charge is 2.45. The molecule has 0 amide bonds. The Bertz CT molecular complexity index is 1220. The van der Waals surface area contributed by atoms with Crippen molar-refractivity contribution in [1.82, 2.24) is 0 Å². The maximum Gasteiger partial charge on any atom is 0.339 e. The summed E-state index contributed by atoms with van der Waals surface area (Å²) in [5.74, 6) is -3.48. The number of aliphatic carboxylic acids is 1. The molecule has 4 N–H and O–H groups in total. The molecule has 29 heavy (non-hydrogen) atoms. The van der Waals surface area contributed by atoms with Crippen LogP contribution in [0.1, 0.15) is 34.0 Å². The number of carboxylic acid groups (broad SMARTS) is 2. The fourth-order valence-electron chi connectivity index (χ4n) is 4.30. The Hall–Kier alpha value is -3.80. The van der Waals surface area contributed by atoms with Crippen molar-refractivity contribution in [2.24, 2.45) is 0 Å². The molecule has 0 saturated heterocycles. The quantitative estimate of drug-likeness (QED) is 0.537. The molecule has 1 aliphatic rings. The van der Waals surface area contributed by atoms with Crippen LogP contribution < -0.4 is 0 Å². The molecule has 3 aromatic carbocycles. The Kier molecular flexibility index (Phi) is 4.08. The summed E-state index contributed by atoms with van der Waals surface area (Å²) in [7, 11) is 0. The third-order valence-corrected chi connectivity index (χ3v) is 5.69. The molecule has 1 unspecified atom stereocenters. The number of rotatable bonds is 3. The summed E-state index contributed by atoms with van der Waals surface area (Å²) in [6.07, 6.45) is 0.0320. The number of aliphatic hydroxyl groups is 1. The number of fused-ring (bicyclic) bond motifs is 2. The van der Waals surface area contributed by atoms with Gasteiger partial charge in [0.15, 0.2) is 0 Å². The van der Waals surface area contributed by atoms with Crippen LogP contribution in [0.2, 0.25) is 0 Å². The average molecular weight is 390 g/mol. The highest BCUT2D eigenvalue weighted by atomic mass is 16.4. The number of carboxylic acids is 2. The van der Waals surface area contributed by atoms with Crippen molar-refractivity contribution >= 4 is 22.7 Å². The number of hydrogen-bond acceptors (Lipinski definition) is 4. The number of aliphatic hydroxyl groups excluding tert-OH is 1. The van der Waals surface area contributed by atoms with Crippen LogP contribution in [0.25, 0.3) is 10.8 Å². The molecule has 0 spiro atoms. The van der Waals surface area contributed by atoms with Gasteiger partial charge in [-0.1, -0.05) is 48.5 Å². The monoisotopic (exact) mass is 390 g/mol. The van der Waals surface area contributed by atoms with Gasteiger partial charge in [-0.2, -0.15) is 0 Å². The van der Waals surface area contributed by atoms with Crippen LogP contribution in [-0.4, -0.2) is 32.4 Å². The lowest BCUT2D eigenvalue weighted by atomic mass is 9.66. The maximum absolute atomic E-state index is 11.8. The summed E-state index contributed by atoms with van der Waals surface area (Å²) >= 11 is 0. The van der Waals surface area contributed by atoms with Gasteiger partial charge >= 0.3 is 11.9 Å². The van der Waals surface area contributed by atoms with Crippen LogP contribution in [0, 0.1) is 0 Å². The molecule has 0 saturated carbocycles. The van der Waals surface area contributed by atoms with Crippen LogP contribution >= 0.6 is 0 Å². The molecule has 1 atom stereocenters. The van der Waals surface area contributed by atoms with Crippen LogP contribution in [0.15, 0.2) is 65.9 Å².